The van der Waals surface area contributed by atoms with Crippen LogP contribution in [0.3, 0.4) is 0 Å². The first-order valence-corrected chi connectivity index (χ1v) is 5.68. The van der Waals surface area contributed by atoms with Crippen LogP contribution < -0.4 is 4.90 Å². The molecule has 1 aromatic rings. The van der Waals surface area contributed by atoms with Crippen molar-refractivity contribution in [3.8, 4) is 0 Å². The number of rotatable bonds is 2. The van der Waals surface area contributed by atoms with Gasteiger partial charge in [0.25, 0.3) is 0 Å². The van der Waals surface area contributed by atoms with Crippen LogP contribution in [0.25, 0.3) is 0 Å². The van der Waals surface area contributed by atoms with E-state index in [4.69, 9.17) is 9.47 Å². The smallest absolute Gasteiger partial charge is 0.184 e. The van der Waals surface area contributed by atoms with E-state index in [-0.39, 0.29) is 6.29 Å². The van der Waals surface area contributed by atoms with Gasteiger partial charge in [0.05, 0.1) is 18.9 Å². The Morgan fingerprint density at radius 1 is 1.27 bits per heavy atom. The van der Waals surface area contributed by atoms with E-state index < -0.39 is 0 Å². The average molecular weight is 272 g/mol. The molecule has 4 heteroatoms. The summed E-state index contributed by atoms with van der Waals surface area (Å²) in [4.78, 5) is 2.06. The Labute approximate surface area is 98.1 Å². The summed E-state index contributed by atoms with van der Waals surface area (Å²) in [5.41, 5.74) is 2.21. The van der Waals surface area contributed by atoms with Gasteiger partial charge in [-0.3, -0.25) is 0 Å². The maximum atomic E-state index is 5.44. The van der Waals surface area contributed by atoms with E-state index in [1.54, 1.807) is 0 Å². The van der Waals surface area contributed by atoms with Gasteiger partial charge in [0.1, 0.15) is 0 Å². The second kappa shape index (κ2) is 4.51. The topological polar surface area (TPSA) is 21.7 Å². The first kappa shape index (κ1) is 10.9. The molecular weight excluding hydrogens is 258 g/mol. The molecule has 0 amide bonds. The maximum Gasteiger partial charge on any atom is 0.184 e. The molecule has 82 valence electrons. The number of hydrogen-bond acceptors (Lipinski definition) is 3. The minimum atomic E-state index is -0.197. The predicted molar refractivity (Wildman–Crippen MR) is 63.1 cm³/mol. The van der Waals surface area contributed by atoms with Crippen molar-refractivity contribution in [2.24, 2.45) is 0 Å². The lowest BCUT2D eigenvalue weighted by Gasteiger charge is -2.17. The predicted octanol–water partition coefficient (Wildman–Crippen LogP) is 2.56. The standard InChI is InChI=1S/C11H14BrNO2/c1-13(2)10-4-3-8(7-9(10)12)11-14-5-6-15-11/h3-4,7,11H,5-6H2,1-2H3. The fraction of sp³-hybridized carbons (Fsp3) is 0.455. The first-order valence-electron chi connectivity index (χ1n) is 4.88. The number of nitrogens with zero attached hydrogens (tertiary/aromatic N) is 1. The Bertz CT molecular complexity index is 348. The van der Waals surface area contributed by atoms with Gasteiger partial charge in [-0.05, 0) is 28.1 Å². The fourth-order valence-electron chi connectivity index (χ4n) is 1.58. The summed E-state index contributed by atoms with van der Waals surface area (Å²) in [7, 11) is 4.03. The summed E-state index contributed by atoms with van der Waals surface area (Å²) in [5, 5.41) is 0. The van der Waals surface area contributed by atoms with Gasteiger partial charge in [-0.25, -0.2) is 0 Å². The van der Waals surface area contributed by atoms with Crippen LogP contribution in [0.1, 0.15) is 11.9 Å². The third-order valence-electron chi connectivity index (χ3n) is 2.35. The number of anilines is 1. The van der Waals surface area contributed by atoms with Crippen LogP contribution in [0, 0.1) is 0 Å². The Hall–Kier alpha value is -0.580. The van der Waals surface area contributed by atoms with Gasteiger partial charge in [0, 0.05) is 24.1 Å². The van der Waals surface area contributed by atoms with Gasteiger partial charge in [0.2, 0.25) is 0 Å². The van der Waals surface area contributed by atoms with Crippen molar-refractivity contribution in [2.75, 3.05) is 32.2 Å². The normalized spacial score (nSPS) is 17.0. The van der Waals surface area contributed by atoms with Crippen LogP contribution in [0.2, 0.25) is 0 Å². The third-order valence-corrected chi connectivity index (χ3v) is 2.98. The quantitative estimate of drug-likeness (QED) is 0.826. The lowest BCUT2D eigenvalue weighted by molar-refractivity contribution is -0.0441. The molecule has 0 unspecified atom stereocenters. The molecule has 3 nitrogen and oxygen atoms in total. The van der Waals surface area contributed by atoms with Crippen LogP contribution in [0.4, 0.5) is 5.69 Å². The summed E-state index contributed by atoms with van der Waals surface area (Å²) < 4.78 is 11.9. The van der Waals surface area contributed by atoms with Gasteiger partial charge in [-0.2, -0.15) is 0 Å². The van der Waals surface area contributed by atoms with Crippen molar-refractivity contribution >= 4 is 21.6 Å². The van der Waals surface area contributed by atoms with Crippen LogP contribution in [-0.4, -0.2) is 27.3 Å². The van der Waals surface area contributed by atoms with Gasteiger partial charge in [-0.1, -0.05) is 6.07 Å². The Kier molecular flexibility index (Phi) is 3.29. The second-order valence-electron chi connectivity index (χ2n) is 3.68. The molecule has 0 radical (unpaired) electrons. The molecule has 0 aromatic heterocycles. The highest BCUT2D eigenvalue weighted by Gasteiger charge is 2.19. The van der Waals surface area contributed by atoms with Gasteiger partial charge in [-0.15, -0.1) is 0 Å². The molecule has 1 fully saturated rings. The molecule has 0 N–H and O–H groups in total. The summed E-state index contributed by atoms with van der Waals surface area (Å²) >= 11 is 3.54. The molecule has 2 rings (SSSR count). The summed E-state index contributed by atoms with van der Waals surface area (Å²) in [5.74, 6) is 0. The highest BCUT2D eigenvalue weighted by atomic mass is 79.9. The molecule has 1 aliphatic rings. The number of ether oxygens (including phenoxy) is 2. The summed E-state index contributed by atoms with van der Waals surface area (Å²) in [6.07, 6.45) is -0.197. The highest BCUT2D eigenvalue weighted by Crippen LogP contribution is 2.31. The van der Waals surface area contributed by atoms with Crippen molar-refractivity contribution in [1.29, 1.82) is 0 Å². The number of benzene rings is 1. The van der Waals surface area contributed by atoms with Crippen LogP contribution in [-0.2, 0) is 9.47 Å². The Morgan fingerprint density at radius 3 is 2.47 bits per heavy atom. The molecule has 1 saturated heterocycles. The van der Waals surface area contributed by atoms with Gasteiger partial charge < -0.3 is 14.4 Å². The SMILES string of the molecule is CN(C)c1ccc(C2OCCO2)cc1Br. The fourth-order valence-corrected chi connectivity index (χ4v) is 2.33. The minimum Gasteiger partial charge on any atom is -0.377 e. The van der Waals surface area contributed by atoms with Crippen molar-refractivity contribution in [3.05, 3.63) is 28.2 Å². The Morgan fingerprint density at radius 2 is 1.93 bits per heavy atom. The van der Waals surface area contributed by atoms with E-state index in [2.05, 4.69) is 26.9 Å². The molecule has 1 aliphatic heterocycles. The molecule has 0 aliphatic carbocycles. The molecule has 0 spiro atoms. The molecule has 0 bridgehead atoms. The van der Waals surface area contributed by atoms with Gasteiger partial charge >= 0.3 is 0 Å². The second-order valence-corrected chi connectivity index (χ2v) is 4.53. The van der Waals surface area contributed by atoms with Crippen LogP contribution in [0.5, 0.6) is 0 Å². The van der Waals surface area contributed by atoms with Gasteiger partial charge in [0.15, 0.2) is 6.29 Å². The highest BCUT2D eigenvalue weighted by molar-refractivity contribution is 9.10. The van der Waals surface area contributed by atoms with E-state index in [0.29, 0.717) is 13.2 Å². The summed E-state index contributed by atoms with van der Waals surface area (Å²) in [6, 6.07) is 6.14. The maximum absolute atomic E-state index is 5.44. The zero-order chi connectivity index (χ0) is 10.8. The van der Waals surface area contributed by atoms with E-state index in [1.165, 1.54) is 0 Å². The minimum absolute atomic E-state index is 0.197. The lowest BCUT2D eigenvalue weighted by atomic mass is 10.2. The van der Waals surface area contributed by atoms with Crippen LogP contribution in [0.15, 0.2) is 22.7 Å². The molecule has 0 saturated carbocycles. The number of hydrogen-bond donors (Lipinski definition) is 0. The molecule has 0 atom stereocenters. The Balaban J connectivity index is 2.24. The largest absolute Gasteiger partial charge is 0.377 e. The molecular formula is C11H14BrNO2. The van der Waals surface area contributed by atoms with E-state index >= 15 is 0 Å². The van der Waals surface area contributed by atoms with Crippen LogP contribution >= 0.6 is 15.9 Å². The van der Waals surface area contributed by atoms with Crippen molar-refractivity contribution < 1.29 is 9.47 Å². The van der Waals surface area contributed by atoms with E-state index in [0.717, 1.165) is 15.7 Å². The van der Waals surface area contributed by atoms with Crippen molar-refractivity contribution in [2.45, 2.75) is 6.29 Å². The molecule has 1 heterocycles. The zero-order valence-electron chi connectivity index (χ0n) is 8.87. The monoisotopic (exact) mass is 271 g/mol. The zero-order valence-corrected chi connectivity index (χ0v) is 10.5. The van der Waals surface area contributed by atoms with Crippen molar-refractivity contribution in [1.82, 2.24) is 0 Å². The molecule has 15 heavy (non-hydrogen) atoms. The van der Waals surface area contributed by atoms with E-state index in [1.807, 2.05) is 26.2 Å². The van der Waals surface area contributed by atoms with Crippen molar-refractivity contribution in [3.63, 3.8) is 0 Å². The molecule has 1 aromatic carbocycles. The first-order chi connectivity index (χ1) is 7.18. The lowest BCUT2D eigenvalue weighted by Crippen LogP contribution is -2.09. The van der Waals surface area contributed by atoms with E-state index in [9.17, 15) is 0 Å². The summed E-state index contributed by atoms with van der Waals surface area (Å²) in [6.45, 7) is 1.36. The third kappa shape index (κ3) is 2.33. The number of halogens is 1. The average Bonchev–Trinajstić information content (AvgIpc) is 2.69.